The van der Waals surface area contributed by atoms with Crippen LogP contribution in [0.15, 0.2) is 52.2 Å². The number of benzene rings is 2. The van der Waals surface area contributed by atoms with E-state index in [-0.39, 0.29) is 35.4 Å². The van der Waals surface area contributed by atoms with Gasteiger partial charge in [-0.15, -0.1) is 5.10 Å². The van der Waals surface area contributed by atoms with Crippen LogP contribution in [-0.4, -0.2) is 50.5 Å². The Morgan fingerprint density at radius 1 is 1.19 bits per heavy atom. The maximum absolute atomic E-state index is 13.2. The summed E-state index contributed by atoms with van der Waals surface area (Å²) in [6, 6.07) is 9.97. The van der Waals surface area contributed by atoms with Crippen molar-refractivity contribution < 1.29 is 32.8 Å². The van der Waals surface area contributed by atoms with Crippen LogP contribution in [0.25, 0.3) is 5.82 Å². The number of hydrogen-bond acceptors (Lipinski definition) is 12. The summed E-state index contributed by atoms with van der Waals surface area (Å²) in [5.41, 5.74) is 8.64. The summed E-state index contributed by atoms with van der Waals surface area (Å²) in [7, 11) is 1.42. The van der Waals surface area contributed by atoms with Crippen LogP contribution in [-0.2, 0) is 11.4 Å². The number of nitrogens with one attached hydrogen (secondary N) is 1. The van der Waals surface area contributed by atoms with Gasteiger partial charge in [0.05, 0.1) is 13.3 Å². The molecular weight excluding hydrogens is 491 g/mol. The van der Waals surface area contributed by atoms with Crippen LogP contribution in [0.3, 0.4) is 0 Å². The van der Waals surface area contributed by atoms with Crippen molar-refractivity contribution in [2.75, 3.05) is 12.8 Å². The van der Waals surface area contributed by atoms with E-state index in [0.29, 0.717) is 17.1 Å². The molecule has 15 heteroatoms. The number of hydrogen-bond donors (Lipinski definition) is 2. The van der Waals surface area contributed by atoms with Gasteiger partial charge in [0, 0.05) is 6.92 Å². The first-order valence-electron chi connectivity index (χ1n) is 10.5. The summed E-state index contributed by atoms with van der Waals surface area (Å²) < 4.78 is 34.9. The molecule has 2 heterocycles. The molecule has 0 radical (unpaired) electrons. The van der Waals surface area contributed by atoms with E-state index in [9.17, 15) is 14.0 Å². The van der Waals surface area contributed by atoms with Crippen molar-refractivity contribution in [1.82, 2.24) is 30.7 Å². The summed E-state index contributed by atoms with van der Waals surface area (Å²) in [5, 5.41) is 18.9. The SMILES string of the molecule is COc1cc(C=NNC(=O)c2nnn(-c3nonc3N)c2COc2ccc(F)cc2)ccc1OC(C)=O. The first kappa shape index (κ1) is 24.8. The molecule has 0 aliphatic heterocycles. The molecule has 0 unspecified atom stereocenters. The number of ether oxygens (including phenoxy) is 3. The fraction of sp³-hybridized carbons (Fsp3) is 0.136. The fourth-order valence-corrected chi connectivity index (χ4v) is 3.02. The quantitative estimate of drug-likeness (QED) is 0.144. The summed E-state index contributed by atoms with van der Waals surface area (Å²) >= 11 is 0. The summed E-state index contributed by atoms with van der Waals surface area (Å²) in [6.45, 7) is 1.05. The van der Waals surface area contributed by atoms with Gasteiger partial charge < -0.3 is 19.9 Å². The lowest BCUT2D eigenvalue weighted by Crippen LogP contribution is -2.21. The fourth-order valence-electron chi connectivity index (χ4n) is 3.02. The van der Waals surface area contributed by atoms with Gasteiger partial charge in [0.25, 0.3) is 5.91 Å². The molecule has 0 spiro atoms. The number of nitrogens with two attached hydrogens (primary N) is 1. The molecule has 4 aromatic rings. The largest absolute Gasteiger partial charge is 0.493 e. The monoisotopic (exact) mass is 510 g/mol. The molecule has 0 fully saturated rings. The number of nitrogen functional groups attached to an aromatic ring is 1. The number of rotatable bonds is 9. The van der Waals surface area contributed by atoms with Crippen molar-refractivity contribution in [3.8, 4) is 23.1 Å². The minimum absolute atomic E-state index is 0.00674. The lowest BCUT2D eigenvalue weighted by Gasteiger charge is -2.08. The van der Waals surface area contributed by atoms with Crippen LogP contribution in [0.2, 0.25) is 0 Å². The Morgan fingerprint density at radius 2 is 1.97 bits per heavy atom. The number of carbonyl (C=O) groups is 2. The van der Waals surface area contributed by atoms with Gasteiger partial charge in [-0.1, -0.05) is 5.21 Å². The molecule has 3 N–H and O–H groups in total. The van der Waals surface area contributed by atoms with Gasteiger partial charge in [-0.2, -0.15) is 9.78 Å². The Hall–Kier alpha value is -5.34. The number of aromatic nitrogens is 5. The third-order valence-corrected chi connectivity index (χ3v) is 4.68. The Morgan fingerprint density at radius 3 is 2.65 bits per heavy atom. The average molecular weight is 510 g/mol. The van der Waals surface area contributed by atoms with E-state index < -0.39 is 17.7 Å². The van der Waals surface area contributed by atoms with E-state index >= 15 is 0 Å². The smallest absolute Gasteiger partial charge is 0.308 e. The maximum Gasteiger partial charge on any atom is 0.308 e. The second-order valence-electron chi connectivity index (χ2n) is 7.22. The standard InChI is InChI=1S/C22H19FN8O6/c1-12(32)36-17-8-3-13(9-18(17)34-2)10-25-27-22(33)19-16(11-35-15-6-4-14(23)5-7-15)31(30-26-19)21-20(24)28-37-29-21/h3-10H,11H2,1-2H3,(H2,24,28)(H,27,33). The van der Waals surface area contributed by atoms with Crippen molar-refractivity contribution in [2.24, 2.45) is 5.10 Å². The van der Waals surface area contributed by atoms with Crippen LogP contribution in [0.4, 0.5) is 10.2 Å². The summed E-state index contributed by atoms with van der Waals surface area (Å²) in [5.74, 6) is -0.890. The van der Waals surface area contributed by atoms with Crippen molar-refractivity contribution in [3.05, 3.63) is 65.2 Å². The van der Waals surface area contributed by atoms with E-state index in [1.807, 2.05) is 0 Å². The number of hydrazone groups is 1. The van der Waals surface area contributed by atoms with Crippen LogP contribution in [0.1, 0.15) is 28.7 Å². The Labute approximate surface area is 207 Å². The number of amides is 1. The van der Waals surface area contributed by atoms with Crippen LogP contribution in [0.5, 0.6) is 17.2 Å². The molecule has 2 aromatic carbocycles. The highest BCUT2D eigenvalue weighted by atomic mass is 19.1. The molecule has 0 aliphatic carbocycles. The van der Waals surface area contributed by atoms with E-state index in [1.165, 1.54) is 50.6 Å². The molecule has 4 rings (SSSR count). The second-order valence-corrected chi connectivity index (χ2v) is 7.22. The van der Waals surface area contributed by atoms with Crippen molar-refractivity contribution in [1.29, 1.82) is 0 Å². The zero-order valence-electron chi connectivity index (χ0n) is 19.4. The summed E-state index contributed by atoms with van der Waals surface area (Å²) in [4.78, 5) is 24.1. The summed E-state index contributed by atoms with van der Waals surface area (Å²) in [6.07, 6.45) is 1.34. The van der Waals surface area contributed by atoms with Gasteiger partial charge in [0.15, 0.2) is 17.2 Å². The molecule has 2 aromatic heterocycles. The van der Waals surface area contributed by atoms with Crippen molar-refractivity contribution in [2.45, 2.75) is 13.5 Å². The lowest BCUT2D eigenvalue weighted by molar-refractivity contribution is -0.132. The Balaban J connectivity index is 1.54. The zero-order chi connectivity index (χ0) is 26.4. The van der Waals surface area contributed by atoms with Gasteiger partial charge in [0.1, 0.15) is 23.9 Å². The molecule has 0 aliphatic rings. The van der Waals surface area contributed by atoms with Gasteiger partial charge in [0.2, 0.25) is 11.6 Å². The Kier molecular flexibility index (Phi) is 7.32. The molecular formula is C22H19FN8O6. The van der Waals surface area contributed by atoms with Crippen LogP contribution < -0.4 is 25.4 Å². The van der Waals surface area contributed by atoms with E-state index in [4.69, 9.17) is 19.9 Å². The van der Waals surface area contributed by atoms with Crippen LogP contribution in [0, 0.1) is 5.82 Å². The zero-order valence-corrected chi connectivity index (χ0v) is 19.4. The predicted molar refractivity (Wildman–Crippen MR) is 124 cm³/mol. The normalized spacial score (nSPS) is 10.9. The first-order valence-corrected chi connectivity index (χ1v) is 10.5. The lowest BCUT2D eigenvalue weighted by atomic mass is 10.2. The van der Waals surface area contributed by atoms with Crippen LogP contribution >= 0.6 is 0 Å². The minimum Gasteiger partial charge on any atom is -0.493 e. The predicted octanol–water partition coefficient (Wildman–Crippen LogP) is 1.65. The molecule has 0 atom stereocenters. The highest BCUT2D eigenvalue weighted by Crippen LogP contribution is 2.27. The van der Waals surface area contributed by atoms with Gasteiger partial charge >= 0.3 is 5.97 Å². The van der Waals surface area contributed by atoms with Gasteiger partial charge in [-0.3, -0.25) is 9.59 Å². The molecule has 0 saturated carbocycles. The minimum atomic E-state index is -0.723. The highest BCUT2D eigenvalue weighted by Gasteiger charge is 2.24. The second kappa shape index (κ2) is 10.9. The molecule has 190 valence electrons. The number of methoxy groups -OCH3 is 1. The molecule has 0 saturated heterocycles. The number of esters is 1. The van der Waals surface area contributed by atoms with E-state index in [1.54, 1.807) is 12.1 Å². The molecule has 37 heavy (non-hydrogen) atoms. The van der Waals surface area contributed by atoms with E-state index in [2.05, 4.69) is 35.8 Å². The van der Waals surface area contributed by atoms with Gasteiger partial charge in [-0.25, -0.2) is 14.4 Å². The van der Waals surface area contributed by atoms with Crippen molar-refractivity contribution in [3.63, 3.8) is 0 Å². The topological polar surface area (TPSA) is 182 Å². The number of anilines is 1. The number of carbonyl (C=O) groups excluding carboxylic acids is 2. The Bertz CT molecular complexity index is 1450. The molecule has 14 nitrogen and oxygen atoms in total. The molecule has 1 amide bonds. The first-order chi connectivity index (χ1) is 17.9. The molecule has 0 bridgehead atoms. The maximum atomic E-state index is 13.2. The number of halogens is 1. The third kappa shape index (κ3) is 5.84. The van der Waals surface area contributed by atoms with Gasteiger partial charge in [-0.05, 0) is 58.3 Å². The highest BCUT2D eigenvalue weighted by molar-refractivity contribution is 5.94. The number of nitrogens with zero attached hydrogens (tertiary/aromatic N) is 6. The van der Waals surface area contributed by atoms with Crippen molar-refractivity contribution >= 4 is 23.9 Å². The van der Waals surface area contributed by atoms with E-state index in [0.717, 1.165) is 4.68 Å². The average Bonchev–Trinajstić information content (AvgIpc) is 3.49. The third-order valence-electron chi connectivity index (χ3n) is 4.68.